The average molecular weight is 639 g/mol. The number of nitrogens with one attached hydrogen (secondary N) is 1. The van der Waals surface area contributed by atoms with Gasteiger partial charge in [0.05, 0.1) is 0 Å². The molecule has 266 valence electrons. The zero-order chi connectivity index (χ0) is 33.2. The molecule has 0 aromatic carbocycles. The molecule has 1 amide bonds. The molecule has 0 radical (unpaired) electrons. The summed E-state index contributed by atoms with van der Waals surface area (Å²) in [7, 11) is 0. The molecular formula is C38H74N2O5. The van der Waals surface area contributed by atoms with Gasteiger partial charge in [-0.05, 0) is 57.9 Å². The van der Waals surface area contributed by atoms with Gasteiger partial charge in [-0.25, -0.2) is 4.79 Å². The van der Waals surface area contributed by atoms with Crippen LogP contribution in [0.2, 0.25) is 0 Å². The van der Waals surface area contributed by atoms with Gasteiger partial charge >= 0.3 is 11.9 Å². The number of carboxylic acids is 1. The number of rotatable bonds is 35. The Morgan fingerprint density at radius 2 is 0.956 bits per heavy atom. The summed E-state index contributed by atoms with van der Waals surface area (Å²) in [6.45, 7) is 4.88. The first kappa shape index (κ1) is 43.4. The molecule has 0 aliphatic rings. The van der Waals surface area contributed by atoms with E-state index in [4.69, 9.17) is 10.5 Å². The molecule has 4 N–H and O–H groups in total. The highest BCUT2D eigenvalue weighted by Crippen LogP contribution is 2.18. The zero-order valence-electron chi connectivity index (χ0n) is 29.7. The minimum absolute atomic E-state index is 0.0402. The summed E-state index contributed by atoms with van der Waals surface area (Å²) in [5.74, 6) is -1.30. The number of hydrogen-bond acceptors (Lipinski definition) is 5. The lowest BCUT2D eigenvalue weighted by Gasteiger charge is -2.18. The van der Waals surface area contributed by atoms with Crippen molar-refractivity contribution in [1.82, 2.24) is 5.32 Å². The molecular weight excluding hydrogens is 564 g/mol. The fraction of sp³-hybridized carbons (Fsp3) is 0.921. The van der Waals surface area contributed by atoms with E-state index in [1.165, 1.54) is 116 Å². The van der Waals surface area contributed by atoms with Gasteiger partial charge in [0, 0.05) is 12.8 Å². The first-order valence-electron chi connectivity index (χ1n) is 19.4. The summed E-state index contributed by atoms with van der Waals surface area (Å²) in [5.41, 5.74) is 5.46. The molecule has 0 aliphatic heterocycles. The van der Waals surface area contributed by atoms with Gasteiger partial charge < -0.3 is 20.9 Å². The maximum absolute atomic E-state index is 12.6. The predicted molar refractivity (Wildman–Crippen MR) is 188 cm³/mol. The smallest absolute Gasteiger partial charge is 0.326 e. The van der Waals surface area contributed by atoms with Crippen LogP contribution in [0.3, 0.4) is 0 Å². The van der Waals surface area contributed by atoms with Crippen molar-refractivity contribution in [3.05, 3.63) is 0 Å². The fourth-order valence-corrected chi connectivity index (χ4v) is 5.98. The lowest BCUT2D eigenvalue weighted by molar-refractivity contribution is -0.150. The summed E-state index contributed by atoms with van der Waals surface area (Å²) in [4.78, 5) is 36.1. The number of carbonyl (C=O) groups is 3. The van der Waals surface area contributed by atoms with Crippen LogP contribution in [0.4, 0.5) is 0 Å². The monoisotopic (exact) mass is 639 g/mol. The van der Waals surface area contributed by atoms with Crippen molar-refractivity contribution in [2.75, 3.05) is 6.54 Å². The summed E-state index contributed by atoms with van der Waals surface area (Å²) in [5, 5.41) is 11.9. The standard InChI is InChI=1S/C38H74N2O5/c1-3-5-7-9-10-11-12-13-14-15-16-17-18-19-20-21-26-32-37(42)45-34(28-23-8-6-4-2)29-24-22-25-31-36(41)40-35(38(43)44)30-27-33-39/h34-35H,3-33,39H2,1-2H3,(H,40,41)(H,43,44). The predicted octanol–water partition coefficient (Wildman–Crippen LogP) is 10.2. The van der Waals surface area contributed by atoms with Crippen LogP contribution in [0.5, 0.6) is 0 Å². The van der Waals surface area contributed by atoms with Gasteiger partial charge in [-0.2, -0.15) is 0 Å². The molecule has 0 spiro atoms. The molecule has 0 aromatic rings. The Morgan fingerprint density at radius 3 is 1.40 bits per heavy atom. The lowest BCUT2D eigenvalue weighted by atomic mass is 10.0. The highest BCUT2D eigenvalue weighted by molar-refractivity contribution is 5.83. The van der Waals surface area contributed by atoms with Gasteiger partial charge in [-0.15, -0.1) is 0 Å². The largest absolute Gasteiger partial charge is 0.480 e. The number of hydrogen-bond donors (Lipinski definition) is 3. The Hall–Kier alpha value is -1.63. The van der Waals surface area contributed by atoms with Crippen LogP contribution in [0.15, 0.2) is 0 Å². The van der Waals surface area contributed by atoms with Crippen molar-refractivity contribution in [3.8, 4) is 0 Å². The SMILES string of the molecule is CCCCCCCCCCCCCCCCCCCC(=O)OC(CCCCCC)CCCCCC(=O)NC(CCCN)C(=O)O. The molecule has 45 heavy (non-hydrogen) atoms. The second-order valence-electron chi connectivity index (χ2n) is 13.4. The van der Waals surface area contributed by atoms with E-state index in [2.05, 4.69) is 19.2 Å². The van der Waals surface area contributed by atoms with E-state index in [0.29, 0.717) is 38.6 Å². The minimum atomic E-state index is -1.01. The topological polar surface area (TPSA) is 119 Å². The number of esters is 1. The van der Waals surface area contributed by atoms with Crippen LogP contribution >= 0.6 is 0 Å². The maximum Gasteiger partial charge on any atom is 0.326 e. The van der Waals surface area contributed by atoms with E-state index in [9.17, 15) is 19.5 Å². The van der Waals surface area contributed by atoms with E-state index in [1.54, 1.807) is 0 Å². The van der Waals surface area contributed by atoms with E-state index in [-0.39, 0.29) is 18.0 Å². The van der Waals surface area contributed by atoms with Gasteiger partial charge in [0.1, 0.15) is 12.1 Å². The average Bonchev–Trinajstić information content (AvgIpc) is 3.02. The van der Waals surface area contributed by atoms with Gasteiger partial charge in [-0.3, -0.25) is 9.59 Å². The van der Waals surface area contributed by atoms with E-state index in [0.717, 1.165) is 44.9 Å². The summed E-state index contributed by atoms with van der Waals surface area (Å²) >= 11 is 0. The number of aliphatic carboxylic acids is 1. The Balaban J connectivity index is 3.96. The van der Waals surface area contributed by atoms with Gasteiger partial charge in [-0.1, -0.05) is 142 Å². The molecule has 0 aromatic heterocycles. The number of amides is 1. The second kappa shape index (κ2) is 33.7. The van der Waals surface area contributed by atoms with Crippen molar-refractivity contribution >= 4 is 17.8 Å². The Morgan fingerprint density at radius 1 is 0.556 bits per heavy atom. The highest BCUT2D eigenvalue weighted by Gasteiger charge is 2.19. The lowest BCUT2D eigenvalue weighted by Crippen LogP contribution is -2.40. The van der Waals surface area contributed by atoms with Crippen LogP contribution in [0, 0.1) is 0 Å². The molecule has 0 aliphatic carbocycles. The van der Waals surface area contributed by atoms with Crippen molar-refractivity contribution in [2.24, 2.45) is 5.73 Å². The van der Waals surface area contributed by atoms with E-state index < -0.39 is 12.0 Å². The molecule has 0 saturated carbocycles. The van der Waals surface area contributed by atoms with Crippen molar-refractivity contribution in [3.63, 3.8) is 0 Å². The van der Waals surface area contributed by atoms with Crippen molar-refractivity contribution < 1.29 is 24.2 Å². The quantitative estimate of drug-likeness (QED) is 0.0469. The molecule has 0 fully saturated rings. The number of ether oxygens (including phenoxy) is 1. The molecule has 0 heterocycles. The maximum atomic E-state index is 12.6. The van der Waals surface area contributed by atoms with Crippen LogP contribution < -0.4 is 11.1 Å². The van der Waals surface area contributed by atoms with Crippen molar-refractivity contribution in [1.29, 1.82) is 0 Å². The highest BCUT2D eigenvalue weighted by atomic mass is 16.5. The Labute approximate surface area is 278 Å². The first-order chi connectivity index (χ1) is 21.9. The third-order valence-corrected chi connectivity index (χ3v) is 8.92. The van der Waals surface area contributed by atoms with Crippen LogP contribution in [0.25, 0.3) is 0 Å². The summed E-state index contributed by atoms with van der Waals surface area (Å²) < 4.78 is 5.91. The Kier molecular flexibility index (Phi) is 32.5. The number of nitrogens with two attached hydrogens (primary N) is 1. The summed E-state index contributed by atoms with van der Waals surface area (Å²) in [6.07, 6.45) is 33.1. The van der Waals surface area contributed by atoms with Crippen molar-refractivity contribution in [2.45, 2.75) is 219 Å². The molecule has 7 nitrogen and oxygen atoms in total. The Bertz CT molecular complexity index is 687. The van der Waals surface area contributed by atoms with Crippen LogP contribution in [-0.4, -0.2) is 41.6 Å². The number of unbranched alkanes of at least 4 members (excludes halogenated alkanes) is 21. The molecule has 7 heteroatoms. The molecule has 0 rings (SSSR count). The third kappa shape index (κ3) is 30.8. The molecule has 0 bridgehead atoms. The van der Waals surface area contributed by atoms with E-state index in [1.807, 2.05) is 0 Å². The molecule has 2 unspecified atom stereocenters. The number of carbonyl (C=O) groups excluding carboxylic acids is 2. The third-order valence-electron chi connectivity index (χ3n) is 8.92. The molecule has 0 saturated heterocycles. The summed E-state index contributed by atoms with van der Waals surface area (Å²) in [6, 6.07) is -0.868. The van der Waals surface area contributed by atoms with Crippen LogP contribution in [0.1, 0.15) is 206 Å². The first-order valence-corrected chi connectivity index (χ1v) is 19.4. The molecule has 2 atom stereocenters. The van der Waals surface area contributed by atoms with Crippen LogP contribution in [-0.2, 0) is 19.1 Å². The number of carboxylic acid groups (broad SMARTS) is 1. The van der Waals surface area contributed by atoms with Gasteiger partial charge in [0.15, 0.2) is 0 Å². The second-order valence-corrected chi connectivity index (χ2v) is 13.4. The van der Waals surface area contributed by atoms with E-state index >= 15 is 0 Å². The van der Waals surface area contributed by atoms with Gasteiger partial charge in [0.2, 0.25) is 5.91 Å². The zero-order valence-corrected chi connectivity index (χ0v) is 29.7. The normalized spacial score (nSPS) is 12.6. The minimum Gasteiger partial charge on any atom is -0.480 e. The fourth-order valence-electron chi connectivity index (χ4n) is 5.98. The van der Waals surface area contributed by atoms with Gasteiger partial charge in [0.25, 0.3) is 0 Å².